The van der Waals surface area contributed by atoms with E-state index in [4.69, 9.17) is 13.9 Å². The fourth-order valence-electron chi connectivity index (χ4n) is 1.89. The molecular weight excluding hydrogens is 268 g/mol. The van der Waals surface area contributed by atoms with Gasteiger partial charge in [0.15, 0.2) is 11.5 Å². The third kappa shape index (κ3) is 4.49. The summed E-state index contributed by atoms with van der Waals surface area (Å²) in [5.74, 6) is 3.12. The Labute approximate surface area is 125 Å². The van der Waals surface area contributed by atoms with Gasteiger partial charge in [0.2, 0.25) is 5.89 Å². The zero-order valence-corrected chi connectivity index (χ0v) is 12.8. The lowest BCUT2D eigenvalue weighted by Gasteiger charge is -2.11. The van der Waals surface area contributed by atoms with Crippen LogP contribution in [0.3, 0.4) is 0 Å². The molecule has 0 atom stereocenters. The SMILES string of the molecule is CCOc1ccccc1OCCNCc1nc(C)c(C)o1. The van der Waals surface area contributed by atoms with Crippen molar-refractivity contribution in [3.05, 3.63) is 41.6 Å². The summed E-state index contributed by atoms with van der Waals surface area (Å²) in [7, 11) is 0. The number of benzene rings is 1. The van der Waals surface area contributed by atoms with Crippen molar-refractivity contribution >= 4 is 0 Å². The molecule has 0 radical (unpaired) electrons. The van der Waals surface area contributed by atoms with Gasteiger partial charge in [-0.15, -0.1) is 0 Å². The minimum absolute atomic E-state index is 0.558. The van der Waals surface area contributed by atoms with Gasteiger partial charge >= 0.3 is 0 Å². The minimum atomic E-state index is 0.558. The first-order chi connectivity index (χ1) is 10.2. The molecule has 0 unspecified atom stereocenters. The van der Waals surface area contributed by atoms with E-state index >= 15 is 0 Å². The summed E-state index contributed by atoms with van der Waals surface area (Å²) < 4.78 is 16.7. The highest BCUT2D eigenvalue weighted by molar-refractivity contribution is 5.39. The van der Waals surface area contributed by atoms with Crippen LogP contribution in [0.15, 0.2) is 28.7 Å². The van der Waals surface area contributed by atoms with Gasteiger partial charge in [0, 0.05) is 6.54 Å². The van der Waals surface area contributed by atoms with Crippen molar-refractivity contribution in [2.75, 3.05) is 19.8 Å². The predicted molar refractivity (Wildman–Crippen MR) is 80.8 cm³/mol. The quantitative estimate of drug-likeness (QED) is 0.758. The lowest BCUT2D eigenvalue weighted by Crippen LogP contribution is -2.20. The third-order valence-corrected chi connectivity index (χ3v) is 3.03. The van der Waals surface area contributed by atoms with E-state index in [1.54, 1.807) is 0 Å². The first kappa shape index (κ1) is 15.4. The van der Waals surface area contributed by atoms with Gasteiger partial charge in [-0.3, -0.25) is 0 Å². The first-order valence-corrected chi connectivity index (χ1v) is 7.19. The second-order valence-electron chi connectivity index (χ2n) is 4.65. The van der Waals surface area contributed by atoms with Gasteiger partial charge in [0.05, 0.1) is 18.8 Å². The zero-order chi connectivity index (χ0) is 15.1. The molecule has 2 aromatic rings. The Hall–Kier alpha value is -2.01. The van der Waals surface area contributed by atoms with E-state index in [1.807, 2.05) is 45.0 Å². The van der Waals surface area contributed by atoms with Crippen molar-refractivity contribution in [1.29, 1.82) is 0 Å². The molecule has 0 saturated heterocycles. The minimum Gasteiger partial charge on any atom is -0.490 e. The third-order valence-electron chi connectivity index (χ3n) is 3.03. The molecule has 0 bridgehead atoms. The Balaban J connectivity index is 1.72. The molecule has 5 nitrogen and oxygen atoms in total. The highest BCUT2D eigenvalue weighted by atomic mass is 16.5. The number of nitrogens with zero attached hydrogens (tertiary/aromatic N) is 1. The molecule has 1 aromatic carbocycles. The molecule has 2 rings (SSSR count). The molecule has 1 heterocycles. The number of hydrogen-bond donors (Lipinski definition) is 1. The van der Waals surface area contributed by atoms with E-state index in [0.29, 0.717) is 32.2 Å². The Bertz CT molecular complexity index is 547. The number of rotatable bonds is 8. The van der Waals surface area contributed by atoms with Gasteiger partial charge in [-0.2, -0.15) is 0 Å². The number of aromatic nitrogens is 1. The molecule has 0 saturated carbocycles. The van der Waals surface area contributed by atoms with E-state index in [1.165, 1.54) is 0 Å². The molecule has 0 aliphatic carbocycles. The van der Waals surface area contributed by atoms with Crippen molar-refractivity contribution < 1.29 is 13.9 Å². The van der Waals surface area contributed by atoms with Crippen LogP contribution in [0.5, 0.6) is 11.5 Å². The van der Waals surface area contributed by atoms with Gasteiger partial charge in [-0.1, -0.05) is 12.1 Å². The summed E-state index contributed by atoms with van der Waals surface area (Å²) in [6.07, 6.45) is 0. The van der Waals surface area contributed by atoms with Crippen LogP contribution >= 0.6 is 0 Å². The van der Waals surface area contributed by atoms with Crippen LogP contribution in [0.1, 0.15) is 24.3 Å². The maximum absolute atomic E-state index is 5.72. The summed E-state index contributed by atoms with van der Waals surface area (Å²) >= 11 is 0. The molecule has 5 heteroatoms. The number of ether oxygens (including phenoxy) is 2. The van der Waals surface area contributed by atoms with Crippen LogP contribution in [0.4, 0.5) is 0 Å². The predicted octanol–water partition coefficient (Wildman–Crippen LogP) is 2.86. The average Bonchev–Trinajstić information content (AvgIpc) is 2.79. The van der Waals surface area contributed by atoms with Crippen LogP contribution in [0, 0.1) is 13.8 Å². The standard InChI is InChI=1S/C16H22N2O3/c1-4-19-14-7-5-6-8-15(14)20-10-9-17-11-16-18-12(2)13(3)21-16/h5-8,17H,4,9-11H2,1-3H3. The van der Waals surface area contributed by atoms with Crippen LogP contribution in [0.25, 0.3) is 0 Å². The number of aryl methyl sites for hydroxylation is 2. The summed E-state index contributed by atoms with van der Waals surface area (Å²) in [6, 6.07) is 7.68. The molecule has 0 fully saturated rings. The summed E-state index contributed by atoms with van der Waals surface area (Å²) in [5.41, 5.74) is 0.939. The molecule has 0 aliphatic rings. The highest BCUT2D eigenvalue weighted by Crippen LogP contribution is 2.25. The Kier molecular flexibility index (Phi) is 5.63. The molecule has 0 amide bonds. The lowest BCUT2D eigenvalue weighted by molar-refractivity contribution is 0.274. The van der Waals surface area contributed by atoms with Gasteiger partial charge < -0.3 is 19.2 Å². The fraction of sp³-hybridized carbons (Fsp3) is 0.438. The van der Waals surface area contributed by atoms with Crippen molar-refractivity contribution in [1.82, 2.24) is 10.3 Å². The van der Waals surface area contributed by atoms with E-state index in [-0.39, 0.29) is 0 Å². The Morgan fingerprint density at radius 3 is 2.48 bits per heavy atom. The molecule has 114 valence electrons. The summed E-state index contributed by atoms with van der Waals surface area (Å²) in [5, 5.41) is 3.24. The Morgan fingerprint density at radius 2 is 1.86 bits per heavy atom. The molecule has 1 aromatic heterocycles. The number of para-hydroxylation sites is 2. The van der Waals surface area contributed by atoms with Crippen molar-refractivity contribution in [3.8, 4) is 11.5 Å². The average molecular weight is 290 g/mol. The zero-order valence-electron chi connectivity index (χ0n) is 12.8. The van der Waals surface area contributed by atoms with Crippen LogP contribution < -0.4 is 14.8 Å². The normalized spacial score (nSPS) is 10.6. The van der Waals surface area contributed by atoms with Crippen LogP contribution in [0.2, 0.25) is 0 Å². The van der Waals surface area contributed by atoms with Crippen molar-refractivity contribution in [3.63, 3.8) is 0 Å². The Morgan fingerprint density at radius 1 is 1.14 bits per heavy atom. The lowest BCUT2D eigenvalue weighted by atomic mass is 10.3. The fourth-order valence-corrected chi connectivity index (χ4v) is 1.89. The highest BCUT2D eigenvalue weighted by Gasteiger charge is 2.05. The molecular formula is C16H22N2O3. The van der Waals surface area contributed by atoms with Gasteiger partial charge in [-0.25, -0.2) is 4.98 Å². The van der Waals surface area contributed by atoms with Gasteiger partial charge in [0.1, 0.15) is 12.4 Å². The summed E-state index contributed by atoms with van der Waals surface area (Å²) in [6.45, 7) is 8.31. The second kappa shape index (κ2) is 7.69. The monoisotopic (exact) mass is 290 g/mol. The van der Waals surface area contributed by atoms with Gasteiger partial charge in [-0.05, 0) is 32.9 Å². The van der Waals surface area contributed by atoms with Crippen molar-refractivity contribution in [2.24, 2.45) is 0 Å². The number of hydrogen-bond acceptors (Lipinski definition) is 5. The topological polar surface area (TPSA) is 56.5 Å². The largest absolute Gasteiger partial charge is 0.490 e. The van der Waals surface area contributed by atoms with E-state index in [0.717, 1.165) is 23.0 Å². The number of oxazole rings is 1. The van der Waals surface area contributed by atoms with Crippen molar-refractivity contribution in [2.45, 2.75) is 27.3 Å². The first-order valence-electron chi connectivity index (χ1n) is 7.19. The maximum Gasteiger partial charge on any atom is 0.208 e. The van der Waals surface area contributed by atoms with E-state index < -0.39 is 0 Å². The molecule has 0 spiro atoms. The smallest absolute Gasteiger partial charge is 0.208 e. The van der Waals surface area contributed by atoms with E-state index in [9.17, 15) is 0 Å². The summed E-state index contributed by atoms with van der Waals surface area (Å²) in [4.78, 5) is 4.31. The van der Waals surface area contributed by atoms with Gasteiger partial charge in [0.25, 0.3) is 0 Å². The van der Waals surface area contributed by atoms with Crippen LogP contribution in [-0.2, 0) is 6.54 Å². The van der Waals surface area contributed by atoms with Crippen LogP contribution in [-0.4, -0.2) is 24.7 Å². The maximum atomic E-state index is 5.72. The molecule has 0 aliphatic heterocycles. The number of nitrogens with one attached hydrogen (secondary N) is 1. The molecule has 21 heavy (non-hydrogen) atoms. The van der Waals surface area contributed by atoms with E-state index in [2.05, 4.69) is 10.3 Å². The second-order valence-corrected chi connectivity index (χ2v) is 4.65. The molecule has 1 N–H and O–H groups in total.